The number of nitrogens with one attached hydrogen (secondary N) is 1. The van der Waals surface area contributed by atoms with E-state index in [9.17, 15) is 9.18 Å². The summed E-state index contributed by atoms with van der Waals surface area (Å²) in [5.41, 5.74) is 10.9. The molecule has 1 aliphatic carbocycles. The van der Waals surface area contributed by atoms with Crippen molar-refractivity contribution >= 4 is 23.5 Å². The zero-order chi connectivity index (χ0) is 19.7. The van der Waals surface area contributed by atoms with Crippen molar-refractivity contribution in [2.45, 2.75) is 12.5 Å². The minimum absolute atomic E-state index is 0.0678. The Kier molecular flexibility index (Phi) is 3.33. The summed E-state index contributed by atoms with van der Waals surface area (Å²) in [5, 5.41) is 4.62. The van der Waals surface area contributed by atoms with Crippen molar-refractivity contribution in [3.05, 3.63) is 69.8 Å². The van der Waals surface area contributed by atoms with Crippen LogP contribution in [0.15, 0.2) is 52.4 Å². The number of amides is 1. The number of halogens is 1. The first-order valence-corrected chi connectivity index (χ1v) is 9.73. The molecule has 1 saturated heterocycles. The van der Waals surface area contributed by atoms with Gasteiger partial charge in [-0.1, -0.05) is 12.2 Å². The number of carbonyl (C=O) groups excluding carboxylic acids is 1. The maximum atomic E-state index is 14.4. The van der Waals surface area contributed by atoms with E-state index in [0.29, 0.717) is 13.2 Å². The second kappa shape index (κ2) is 5.83. The summed E-state index contributed by atoms with van der Waals surface area (Å²) in [6.07, 6.45) is 8.48. The zero-order valence-electron chi connectivity index (χ0n) is 15.9. The van der Waals surface area contributed by atoms with E-state index in [-0.39, 0.29) is 18.0 Å². The molecule has 1 aromatic carbocycles. The summed E-state index contributed by atoms with van der Waals surface area (Å²) < 4.78 is 19.6. The minimum Gasteiger partial charge on any atom is -0.447 e. The number of hydrogen-bond acceptors (Lipinski definition) is 5. The first kappa shape index (κ1) is 16.6. The normalized spacial score (nSPS) is 24.1. The Morgan fingerprint density at radius 1 is 1.31 bits per heavy atom. The average molecular weight is 390 g/mol. The van der Waals surface area contributed by atoms with E-state index in [4.69, 9.17) is 4.74 Å². The Hall–Kier alpha value is -3.35. The molecule has 1 atom stereocenters. The highest BCUT2D eigenvalue weighted by molar-refractivity contribution is 6.20. The number of ether oxygens (including phenoxy) is 1. The highest BCUT2D eigenvalue weighted by atomic mass is 19.1. The lowest BCUT2D eigenvalue weighted by Gasteiger charge is -2.33. The van der Waals surface area contributed by atoms with Crippen LogP contribution >= 0.6 is 0 Å². The second-order valence-electron chi connectivity index (χ2n) is 7.99. The monoisotopic (exact) mass is 390 g/mol. The van der Waals surface area contributed by atoms with Crippen molar-refractivity contribution in [2.24, 2.45) is 5.10 Å². The van der Waals surface area contributed by atoms with E-state index in [1.54, 1.807) is 17.0 Å². The highest BCUT2D eigenvalue weighted by Crippen LogP contribution is 2.40. The van der Waals surface area contributed by atoms with Crippen LogP contribution in [0.4, 0.5) is 9.18 Å². The van der Waals surface area contributed by atoms with Gasteiger partial charge in [-0.2, -0.15) is 5.10 Å². The van der Waals surface area contributed by atoms with Crippen LogP contribution in [-0.2, 0) is 4.74 Å². The minimum atomic E-state index is -0.254. The van der Waals surface area contributed by atoms with Crippen LogP contribution in [-0.4, -0.2) is 54.4 Å². The van der Waals surface area contributed by atoms with Crippen LogP contribution in [0.2, 0.25) is 0 Å². The molecule has 1 fully saturated rings. The summed E-state index contributed by atoms with van der Waals surface area (Å²) in [6, 6.07) is 3.21. The summed E-state index contributed by atoms with van der Waals surface area (Å²) in [4.78, 5) is 15.7. The first-order valence-electron chi connectivity index (χ1n) is 9.73. The molecule has 5 aliphatic rings. The molecule has 6 nitrogen and oxygen atoms in total. The van der Waals surface area contributed by atoms with Gasteiger partial charge in [0.05, 0.1) is 17.5 Å². The molecule has 7 heteroatoms. The number of allylic oxidation sites excluding steroid dienone is 2. The fraction of sp³-hybridized carbons (Fsp3) is 0.273. The van der Waals surface area contributed by atoms with Gasteiger partial charge in [0.15, 0.2) is 0 Å². The lowest BCUT2D eigenvalue weighted by atomic mass is 9.86. The molecule has 0 radical (unpaired) electrons. The SMILES string of the molecule is CN1C=C2C(=C(C3=CCN4C(=O)OC[C@H]4C3)C1)NN=C1C=Cc3cc(F)cc2c31. The molecule has 0 aromatic heterocycles. The van der Waals surface area contributed by atoms with Crippen molar-refractivity contribution < 1.29 is 13.9 Å². The third-order valence-electron chi connectivity index (χ3n) is 6.17. The zero-order valence-corrected chi connectivity index (χ0v) is 15.9. The van der Waals surface area contributed by atoms with Crippen molar-refractivity contribution in [1.29, 1.82) is 0 Å². The molecule has 4 heterocycles. The fourth-order valence-corrected chi connectivity index (χ4v) is 4.81. The predicted molar refractivity (Wildman–Crippen MR) is 107 cm³/mol. The van der Waals surface area contributed by atoms with E-state index < -0.39 is 0 Å². The molecule has 0 unspecified atom stereocenters. The molecule has 1 N–H and O–H groups in total. The third kappa shape index (κ3) is 2.40. The Balaban J connectivity index is 1.50. The van der Waals surface area contributed by atoms with Crippen molar-refractivity contribution in [3.63, 3.8) is 0 Å². The number of carbonyl (C=O) groups is 1. The van der Waals surface area contributed by atoms with Gasteiger partial charge in [0.2, 0.25) is 0 Å². The van der Waals surface area contributed by atoms with Gasteiger partial charge >= 0.3 is 6.09 Å². The van der Waals surface area contributed by atoms with Crippen molar-refractivity contribution in [1.82, 2.24) is 15.2 Å². The summed E-state index contributed by atoms with van der Waals surface area (Å²) in [5.74, 6) is -0.254. The topological polar surface area (TPSA) is 57.2 Å². The van der Waals surface area contributed by atoms with E-state index >= 15 is 0 Å². The number of rotatable bonds is 1. The lowest BCUT2D eigenvalue weighted by Crippen LogP contribution is -2.38. The van der Waals surface area contributed by atoms with Gasteiger partial charge in [-0.05, 0) is 41.3 Å². The predicted octanol–water partition coefficient (Wildman–Crippen LogP) is 2.85. The van der Waals surface area contributed by atoms with Crippen LogP contribution < -0.4 is 5.43 Å². The van der Waals surface area contributed by atoms with Crippen LogP contribution in [0.1, 0.15) is 23.1 Å². The first-order chi connectivity index (χ1) is 14.1. The molecule has 29 heavy (non-hydrogen) atoms. The van der Waals surface area contributed by atoms with Gasteiger partial charge in [0.25, 0.3) is 0 Å². The van der Waals surface area contributed by atoms with Gasteiger partial charge < -0.3 is 9.64 Å². The van der Waals surface area contributed by atoms with Crippen molar-refractivity contribution in [3.8, 4) is 0 Å². The quantitative estimate of drug-likeness (QED) is 0.801. The largest absolute Gasteiger partial charge is 0.447 e. The molecule has 0 saturated carbocycles. The molecule has 0 spiro atoms. The molecule has 6 rings (SSSR count). The number of benzene rings is 1. The highest BCUT2D eigenvalue weighted by Gasteiger charge is 2.37. The van der Waals surface area contributed by atoms with Gasteiger partial charge in [0, 0.05) is 43.0 Å². The molecule has 146 valence electrons. The van der Waals surface area contributed by atoms with E-state index in [0.717, 1.165) is 52.2 Å². The van der Waals surface area contributed by atoms with Crippen LogP contribution in [0, 0.1) is 5.82 Å². The lowest BCUT2D eigenvalue weighted by molar-refractivity contribution is 0.160. The molecule has 4 aliphatic heterocycles. The molecular weight excluding hydrogens is 371 g/mol. The average Bonchev–Trinajstić information content (AvgIpc) is 3.24. The number of cyclic esters (lactones) is 1. The summed E-state index contributed by atoms with van der Waals surface area (Å²) >= 11 is 0. The van der Waals surface area contributed by atoms with Crippen LogP contribution in [0.3, 0.4) is 0 Å². The second-order valence-corrected chi connectivity index (χ2v) is 7.99. The molecule has 1 amide bonds. The maximum absolute atomic E-state index is 14.4. The maximum Gasteiger partial charge on any atom is 0.410 e. The Labute approximate surface area is 167 Å². The van der Waals surface area contributed by atoms with Crippen molar-refractivity contribution in [2.75, 3.05) is 26.7 Å². The summed E-state index contributed by atoms with van der Waals surface area (Å²) in [7, 11) is 2.02. The molecule has 0 bridgehead atoms. The van der Waals surface area contributed by atoms with E-state index in [1.807, 2.05) is 19.2 Å². The van der Waals surface area contributed by atoms with Gasteiger partial charge in [0.1, 0.15) is 12.4 Å². The third-order valence-corrected chi connectivity index (χ3v) is 6.17. The van der Waals surface area contributed by atoms with Gasteiger partial charge in [-0.3, -0.25) is 10.3 Å². The Morgan fingerprint density at radius 3 is 3.10 bits per heavy atom. The van der Waals surface area contributed by atoms with E-state index in [2.05, 4.69) is 27.7 Å². The number of nitrogens with zero attached hydrogens (tertiary/aromatic N) is 3. The number of likely N-dealkylation sites (N-methyl/N-ethyl adjacent to an activating group) is 1. The standard InChI is InChI=1S/C22H19FN4O2/c1-26-9-17(12-4-5-27-15(7-12)11-29-22(27)28)21-18(10-26)16-8-14(23)6-13-2-3-19(20(13)16)24-25-21/h2-4,6,8,10,15,25H,5,7,9,11H2,1H3/t15-/m1/s1. The van der Waals surface area contributed by atoms with Gasteiger partial charge in [-0.15, -0.1) is 0 Å². The Bertz CT molecular complexity index is 1130. The molecule has 1 aromatic rings. The summed E-state index contributed by atoms with van der Waals surface area (Å²) in [6.45, 7) is 1.69. The number of fused-ring (bicyclic) bond motifs is 3. The smallest absolute Gasteiger partial charge is 0.410 e. The van der Waals surface area contributed by atoms with Gasteiger partial charge in [-0.25, -0.2) is 9.18 Å². The van der Waals surface area contributed by atoms with E-state index in [1.165, 1.54) is 5.57 Å². The number of hydrogen-bond donors (Lipinski definition) is 1. The van der Waals surface area contributed by atoms with Crippen LogP contribution in [0.5, 0.6) is 0 Å². The molecular formula is C22H19FN4O2. The number of hydrazone groups is 1. The fourth-order valence-electron chi connectivity index (χ4n) is 4.81. The van der Waals surface area contributed by atoms with Crippen LogP contribution in [0.25, 0.3) is 11.6 Å². The Morgan fingerprint density at radius 2 is 2.21 bits per heavy atom.